The fraction of sp³-hybridized carbons (Fsp3) is 0.368. The summed E-state index contributed by atoms with van der Waals surface area (Å²) >= 11 is 12.2. The van der Waals surface area contributed by atoms with Gasteiger partial charge in [-0.15, -0.1) is 11.6 Å². The van der Waals surface area contributed by atoms with E-state index in [4.69, 9.17) is 27.9 Å². The van der Waals surface area contributed by atoms with Crippen molar-refractivity contribution < 1.29 is 19.1 Å². The van der Waals surface area contributed by atoms with Crippen LogP contribution in [0.5, 0.6) is 0 Å². The molecular weight excluding hydrogens is 649 g/mol. The van der Waals surface area contributed by atoms with Gasteiger partial charge in [-0.2, -0.15) is 0 Å². The smallest absolute Gasteiger partial charge is 0.355 e. The normalized spacial score (nSPS) is 26.6. The third-order valence-corrected chi connectivity index (χ3v) is 11.8. The van der Waals surface area contributed by atoms with Crippen molar-refractivity contribution in [2.24, 2.45) is 11.8 Å². The molecule has 3 aromatic carbocycles. The lowest BCUT2D eigenvalue weighted by atomic mass is 9.73. The van der Waals surface area contributed by atoms with Crippen LogP contribution in [-0.4, -0.2) is 57.4 Å². The summed E-state index contributed by atoms with van der Waals surface area (Å²) in [5.74, 6) is 0.113. The number of nitrogens with zero attached hydrogens (tertiary/aromatic N) is 2. The molecule has 8 rings (SSSR count). The third-order valence-electron chi connectivity index (χ3n) is 11.4. The molecule has 48 heavy (non-hydrogen) atoms. The lowest BCUT2D eigenvalue weighted by Gasteiger charge is -2.41. The Labute approximate surface area is 288 Å². The van der Waals surface area contributed by atoms with Crippen molar-refractivity contribution in [1.82, 2.24) is 14.8 Å². The van der Waals surface area contributed by atoms with E-state index in [-0.39, 0.29) is 52.4 Å². The predicted octanol–water partition coefficient (Wildman–Crippen LogP) is 6.29. The van der Waals surface area contributed by atoms with Crippen LogP contribution in [0.3, 0.4) is 0 Å². The van der Waals surface area contributed by atoms with Crippen LogP contribution in [0.1, 0.15) is 70.5 Å². The molecule has 3 bridgehead atoms. The Morgan fingerprint density at radius 2 is 1.77 bits per heavy atom. The monoisotopic (exact) mass is 683 g/mol. The Morgan fingerprint density at radius 3 is 2.50 bits per heavy atom. The van der Waals surface area contributed by atoms with E-state index < -0.39 is 5.97 Å². The maximum Gasteiger partial charge on any atom is 0.355 e. The van der Waals surface area contributed by atoms with E-state index in [1.807, 2.05) is 54.6 Å². The molecule has 246 valence electrons. The van der Waals surface area contributed by atoms with E-state index in [9.17, 15) is 19.2 Å². The second-order valence-corrected chi connectivity index (χ2v) is 14.7. The molecule has 3 aliphatic carbocycles. The number of aromatic nitrogens is 1. The van der Waals surface area contributed by atoms with Crippen molar-refractivity contribution in [3.05, 3.63) is 110 Å². The number of benzene rings is 3. The highest BCUT2D eigenvalue weighted by Gasteiger charge is 2.75. The van der Waals surface area contributed by atoms with Gasteiger partial charge in [0, 0.05) is 39.2 Å². The minimum Gasteiger partial charge on any atom is -0.464 e. The molecule has 5 atom stereocenters. The van der Waals surface area contributed by atoms with Crippen molar-refractivity contribution in [1.29, 1.82) is 0 Å². The van der Waals surface area contributed by atoms with E-state index in [1.165, 1.54) is 7.11 Å². The number of rotatable bonds is 7. The molecule has 1 spiro atoms. The Hall–Kier alpha value is -4.14. The average Bonchev–Trinajstić information content (AvgIpc) is 3.67. The number of fused-ring (bicyclic) bond motifs is 3. The van der Waals surface area contributed by atoms with Crippen molar-refractivity contribution >= 4 is 51.9 Å². The van der Waals surface area contributed by atoms with Crippen LogP contribution >= 0.6 is 23.2 Å². The van der Waals surface area contributed by atoms with Gasteiger partial charge < -0.3 is 19.5 Å². The van der Waals surface area contributed by atoms with Gasteiger partial charge in [-0.05, 0) is 98.4 Å². The molecule has 1 saturated heterocycles. The quantitative estimate of drug-likeness (QED) is 0.140. The van der Waals surface area contributed by atoms with Crippen molar-refractivity contribution in [3.63, 3.8) is 0 Å². The summed E-state index contributed by atoms with van der Waals surface area (Å²) in [6.45, 7) is 0. The number of nitrogens with one attached hydrogen (secondary N) is 1. The summed E-state index contributed by atoms with van der Waals surface area (Å²) in [6.07, 6.45) is 5.83. The third kappa shape index (κ3) is 4.78. The summed E-state index contributed by atoms with van der Waals surface area (Å²) < 4.78 is 6.95. The topological polar surface area (TPSA) is 97.5 Å². The zero-order valence-corrected chi connectivity index (χ0v) is 28.0. The van der Waals surface area contributed by atoms with Gasteiger partial charge >= 0.3 is 5.97 Å². The number of carbonyl (C=O) groups excluding carboxylic acids is 3. The number of halogens is 2. The van der Waals surface area contributed by atoms with Gasteiger partial charge in [0.15, 0.2) is 5.43 Å². The number of alkyl halides is 1. The van der Waals surface area contributed by atoms with Crippen LogP contribution in [0.2, 0.25) is 5.02 Å². The molecule has 0 radical (unpaired) electrons. The average molecular weight is 685 g/mol. The lowest BCUT2D eigenvalue weighted by molar-refractivity contribution is -0.121. The van der Waals surface area contributed by atoms with Gasteiger partial charge in [0.25, 0.3) is 5.91 Å². The van der Waals surface area contributed by atoms with E-state index >= 15 is 0 Å². The number of pyridine rings is 1. The lowest BCUT2D eigenvalue weighted by Crippen LogP contribution is -2.52. The van der Waals surface area contributed by atoms with Crippen LogP contribution in [0.4, 0.5) is 0 Å². The van der Waals surface area contributed by atoms with Crippen molar-refractivity contribution in [2.75, 3.05) is 13.0 Å². The van der Waals surface area contributed by atoms with E-state index in [1.54, 1.807) is 22.8 Å². The molecule has 2 amide bonds. The van der Waals surface area contributed by atoms with Gasteiger partial charge in [-0.1, -0.05) is 41.9 Å². The largest absolute Gasteiger partial charge is 0.464 e. The number of esters is 1. The molecule has 1 aromatic heterocycles. The zero-order valence-electron chi connectivity index (χ0n) is 26.5. The maximum atomic E-state index is 14.0. The van der Waals surface area contributed by atoms with Gasteiger partial charge in [-0.25, -0.2) is 4.79 Å². The SMILES string of the molecule is COC(=O)c1c(Cc2ccc(C(=O)N3[C@@H]4CC[C@@]5(NC(=O)CCl)CC6C[C@@H](C5)C[C@@]643)cc2)c(=O)c2ccc(Cl)cc2n1-c1ccccc1. The molecule has 3 saturated carbocycles. The number of ether oxygens (including phenoxy) is 1. The van der Waals surface area contributed by atoms with Crippen LogP contribution in [-0.2, 0) is 16.0 Å². The number of hydrogen-bond acceptors (Lipinski definition) is 5. The second-order valence-electron chi connectivity index (χ2n) is 13.9. The van der Waals surface area contributed by atoms with E-state index in [0.29, 0.717) is 44.6 Å². The van der Waals surface area contributed by atoms with Crippen molar-refractivity contribution in [2.45, 2.75) is 62.1 Å². The van der Waals surface area contributed by atoms with Gasteiger partial charge in [0.1, 0.15) is 11.6 Å². The number of para-hydroxylation sites is 1. The number of carbonyl (C=O) groups is 3. The Kier molecular flexibility index (Phi) is 7.45. The maximum absolute atomic E-state index is 14.0. The van der Waals surface area contributed by atoms with Crippen LogP contribution < -0.4 is 10.7 Å². The highest BCUT2D eigenvalue weighted by Crippen LogP contribution is 2.68. The molecule has 4 aromatic rings. The molecule has 4 fully saturated rings. The predicted molar refractivity (Wildman–Crippen MR) is 184 cm³/mol. The minimum atomic E-state index is -0.632. The number of methoxy groups -OCH3 is 1. The highest BCUT2D eigenvalue weighted by atomic mass is 35.5. The first kappa shape index (κ1) is 31.1. The molecule has 4 aliphatic rings. The first-order valence-electron chi connectivity index (χ1n) is 16.5. The molecule has 1 unspecified atom stereocenters. The van der Waals surface area contributed by atoms with Gasteiger partial charge in [0.05, 0.1) is 24.2 Å². The molecular formula is C38H35Cl2N3O5. The Morgan fingerprint density at radius 1 is 1.00 bits per heavy atom. The van der Waals surface area contributed by atoms with E-state index in [0.717, 1.165) is 44.1 Å². The summed E-state index contributed by atoms with van der Waals surface area (Å²) in [6, 6.07) is 21.9. The summed E-state index contributed by atoms with van der Waals surface area (Å²) in [7, 11) is 1.30. The van der Waals surface area contributed by atoms with E-state index in [2.05, 4.69) is 10.2 Å². The fourth-order valence-electron chi connectivity index (χ4n) is 9.61. The number of hydrogen-bond donors (Lipinski definition) is 1. The van der Waals surface area contributed by atoms with Crippen LogP contribution in [0.15, 0.2) is 77.6 Å². The number of amides is 2. The zero-order chi connectivity index (χ0) is 33.4. The standard InChI is InChI=1S/C38H35Cl2N3O5/c1-48-36(47)33-29(34(45)28-12-11-26(40)17-30(28)42(33)27-5-3-2-4-6-27)16-22-7-9-24(10-8-22)35(46)43-31-13-14-37(41-32(44)21-39)18-23-15-25(20-37)38(31,43)19-23/h2-12,17,23,25,31H,13-16,18-21H2,1H3,(H,41,44)/t23-,25?,31+,37-,38+,43?/m0/s1. The van der Waals surface area contributed by atoms with Crippen molar-refractivity contribution in [3.8, 4) is 5.69 Å². The minimum absolute atomic E-state index is 0.0284. The molecule has 10 heteroatoms. The van der Waals surface area contributed by atoms with Crippen LogP contribution in [0.25, 0.3) is 16.6 Å². The Balaban J connectivity index is 1.10. The fourth-order valence-corrected chi connectivity index (χ4v) is 9.85. The first-order valence-corrected chi connectivity index (χ1v) is 17.4. The molecule has 2 heterocycles. The molecule has 8 nitrogen and oxygen atoms in total. The highest BCUT2D eigenvalue weighted by molar-refractivity contribution is 6.31. The summed E-state index contributed by atoms with van der Waals surface area (Å²) in [4.78, 5) is 55.8. The first-order chi connectivity index (χ1) is 23.2. The summed E-state index contributed by atoms with van der Waals surface area (Å²) in [5, 5.41) is 4.14. The van der Waals surface area contributed by atoms with Gasteiger partial charge in [-0.3, -0.25) is 14.4 Å². The molecule has 1 aliphatic heterocycles. The number of likely N-dealkylation sites (tertiary alicyclic amines) is 1. The Bertz CT molecular complexity index is 2050. The molecule has 1 N–H and O–H groups in total. The second kappa shape index (κ2) is 11.5. The van der Waals surface area contributed by atoms with Gasteiger partial charge in [0.2, 0.25) is 5.91 Å². The summed E-state index contributed by atoms with van der Waals surface area (Å²) in [5.41, 5.74) is 2.42. The van der Waals surface area contributed by atoms with Crippen LogP contribution in [0, 0.1) is 11.8 Å².